The number of aryl methyl sites for hydroxylation is 3. The molecule has 3 nitrogen and oxygen atoms in total. The lowest BCUT2D eigenvalue weighted by Crippen LogP contribution is -1.97. The zero-order chi connectivity index (χ0) is 12.4. The van der Waals surface area contributed by atoms with Crippen LogP contribution in [0.4, 0.5) is 5.00 Å². The fourth-order valence-electron chi connectivity index (χ4n) is 1.53. The van der Waals surface area contributed by atoms with Gasteiger partial charge in [0, 0.05) is 9.75 Å². The summed E-state index contributed by atoms with van der Waals surface area (Å²) in [7, 11) is 0. The SMILES string of the molecule is Cc1cc(CNc2snc(C)c2C#N)sc1C. The fourth-order valence-corrected chi connectivity index (χ4v) is 3.26. The number of rotatable bonds is 3. The third kappa shape index (κ3) is 2.48. The molecule has 5 heteroatoms. The van der Waals surface area contributed by atoms with Gasteiger partial charge in [0.1, 0.15) is 16.6 Å². The van der Waals surface area contributed by atoms with E-state index >= 15 is 0 Å². The first-order valence-corrected chi connectivity index (χ1v) is 6.87. The maximum atomic E-state index is 9.01. The lowest BCUT2D eigenvalue weighted by molar-refractivity contribution is 1.19. The van der Waals surface area contributed by atoms with Crippen molar-refractivity contribution in [3.63, 3.8) is 0 Å². The Morgan fingerprint density at radius 1 is 1.41 bits per heavy atom. The molecule has 0 unspecified atom stereocenters. The van der Waals surface area contributed by atoms with Crippen molar-refractivity contribution in [2.45, 2.75) is 27.3 Å². The molecule has 0 saturated carbocycles. The second kappa shape index (κ2) is 4.86. The summed E-state index contributed by atoms with van der Waals surface area (Å²) in [6, 6.07) is 4.37. The van der Waals surface area contributed by atoms with Crippen LogP contribution in [-0.2, 0) is 6.54 Å². The summed E-state index contributed by atoms with van der Waals surface area (Å²) in [6.07, 6.45) is 0. The number of thiophene rings is 1. The van der Waals surface area contributed by atoms with Crippen LogP contribution in [0.1, 0.15) is 26.6 Å². The number of nitrogens with one attached hydrogen (secondary N) is 1. The summed E-state index contributed by atoms with van der Waals surface area (Å²) in [5, 5.41) is 13.2. The average molecular weight is 263 g/mol. The zero-order valence-electron chi connectivity index (χ0n) is 10.00. The van der Waals surface area contributed by atoms with Crippen LogP contribution in [0.2, 0.25) is 0 Å². The molecule has 2 aromatic heterocycles. The third-order valence-corrected chi connectivity index (χ3v) is 4.66. The molecule has 1 N–H and O–H groups in total. The van der Waals surface area contributed by atoms with Crippen molar-refractivity contribution in [2.75, 3.05) is 5.32 Å². The Labute approximate surface area is 109 Å². The van der Waals surface area contributed by atoms with Crippen LogP contribution in [0.25, 0.3) is 0 Å². The van der Waals surface area contributed by atoms with E-state index in [0.29, 0.717) is 5.56 Å². The third-order valence-electron chi connectivity index (χ3n) is 2.61. The molecule has 88 valence electrons. The molecule has 2 rings (SSSR count). The molecule has 17 heavy (non-hydrogen) atoms. The number of nitriles is 1. The fraction of sp³-hybridized carbons (Fsp3) is 0.333. The Kier molecular flexibility index (Phi) is 3.46. The van der Waals surface area contributed by atoms with E-state index in [-0.39, 0.29) is 0 Å². The quantitative estimate of drug-likeness (QED) is 0.920. The molecule has 0 aliphatic carbocycles. The molecule has 0 fully saturated rings. The standard InChI is InChI=1S/C12H13N3S2/c1-7-4-10(16-9(7)3)6-14-12-11(5-13)8(2)15-17-12/h4,14H,6H2,1-3H3. The van der Waals surface area contributed by atoms with Crippen LogP contribution < -0.4 is 5.32 Å². The maximum absolute atomic E-state index is 9.01. The maximum Gasteiger partial charge on any atom is 0.128 e. The topological polar surface area (TPSA) is 48.7 Å². The number of nitrogens with zero attached hydrogens (tertiary/aromatic N) is 2. The summed E-state index contributed by atoms with van der Waals surface area (Å²) in [5.74, 6) is 0. The van der Waals surface area contributed by atoms with Gasteiger partial charge in [-0.25, -0.2) is 0 Å². The van der Waals surface area contributed by atoms with E-state index < -0.39 is 0 Å². The van der Waals surface area contributed by atoms with Crippen LogP contribution in [0.5, 0.6) is 0 Å². The van der Waals surface area contributed by atoms with Crippen molar-refractivity contribution in [2.24, 2.45) is 0 Å². The summed E-state index contributed by atoms with van der Waals surface area (Å²) in [6.45, 7) is 6.86. The second-order valence-corrected chi connectivity index (χ2v) is 6.00. The number of aromatic nitrogens is 1. The van der Waals surface area contributed by atoms with Crippen molar-refractivity contribution < 1.29 is 0 Å². The van der Waals surface area contributed by atoms with Gasteiger partial charge in [-0.15, -0.1) is 11.3 Å². The Morgan fingerprint density at radius 3 is 2.76 bits per heavy atom. The molecule has 0 aromatic carbocycles. The minimum absolute atomic E-state index is 0.667. The summed E-state index contributed by atoms with van der Waals surface area (Å²) < 4.78 is 4.18. The highest BCUT2D eigenvalue weighted by atomic mass is 32.1. The highest BCUT2D eigenvalue weighted by Crippen LogP contribution is 2.26. The van der Waals surface area contributed by atoms with Gasteiger partial charge in [0.05, 0.1) is 12.2 Å². The zero-order valence-corrected chi connectivity index (χ0v) is 11.6. The molecule has 0 atom stereocenters. The summed E-state index contributed by atoms with van der Waals surface area (Å²) in [5.41, 5.74) is 2.80. The molecular formula is C12H13N3S2. The smallest absolute Gasteiger partial charge is 0.128 e. The molecule has 0 bridgehead atoms. The highest BCUT2D eigenvalue weighted by Gasteiger charge is 2.10. The lowest BCUT2D eigenvalue weighted by atomic mass is 10.2. The van der Waals surface area contributed by atoms with Crippen molar-refractivity contribution >= 4 is 27.9 Å². The van der Waals surface area contributed by atoms with Gasteiger partial charge in [-0.2, -0.15) is 9.64 Å². The van der Waals surface area contributed by atoms with E-state index in [1.807, 2.05) is 6.92 Å². The lowest BCUT2D eigenvalue weighted by Gasteiger charge is -2.00. The number of anilines is 1. The van der Waals surface area contributed by atoms with Gasteiger partial charge in [-0.1, -0.05) is 0 Å². The van der Waals surface area contributed by atoms with Crippen LogP contribution in [0.3, 0.4) is 0 Å². The minimum Gasteiger partial charge on any atom is -0.370 e. The van der Waals surface area contributed by atoms with Crippen LogP contribution in [0.15, 0.2) is 6.07 Å². The molecular weight excluding hydrogens is 250 g/mol. The Balaban J connectivity index is 2.10. The van der Waals surface area contributed by atoms with E-state index in [1.54, 1.807) is 11.3 Å². The Morgan fingerprint density at radius 2 is 2.18 bits per heavy atom. The van der Waals surface area contributed by atoms with E-state index in [4.69, 9.17) is 5.26 Å². The molecule has 0 spiro atoms. The van der Waals surface area contributed by atoms with Gasteiger partial charge >= 0.3 is 0 Å². The van der Waals surface area contributed by atoms with Crippen LogP contribution >= 0.6 is 22.9 Å². The van der Waals surface area contributed by atoms with Crippen molar-refractivity contribution in [3.8, 4) is 6.07 Å². The predicted octanol–water partition coefficient (Wildman–Crippen LogP) is 3.61. The summed E-state index contributed by atoms with van der Waals surface area (Å²) >= 11 is 3.14. The number of hydrogen-bond acceptors (Lipinski definition) is 5. The minimum atomic E-state index is 0.667. The highest BCUT2D eigenvalue weighted by molar-refractivity contribution is 7.12. The largest absolute Gasteiger partial charge is 0.370 e. The first-order valence-electron chi connectivity index (χ1n) is 5.28. The Bertz CT molecular complexity index is 556. The molecule has 0 radical (unpaired) electrons. The van der Waals surface area contributed by atoms with Gasteiger partial charge in [0.25, 0.3) is 0 Å². The van der Waals surface area contributed by atoms with Crippen LogP contribution in [0, 0.1) is 32.1 Å². The van der Waals surface area contributed by atoms with Gasteiger partial charge in [0.15, 0.2) is 0 Å². The molecule has 0 saturated heterocycles. The predicted molar refractivity (Wildman–Crippen MR) is 72.7 cm³/mol. The van der Waals surface area contributed by atoms with Gasteiger partial charge in [0.2, 0.25) is 0 Å². The van der Waals surface area contributed by atoms with Gasteiger partial charge in [-0.05, 0) is 43.9 Å². The van der Waals surface area contributed by atoms with E-state index in [0.717, 1.165) is 17.2 Å². The molecule has 0 aliphatic heterocycles. The number of hydrogen-bond donors (Lipinski definition) is 1. The van der Waals surface area contributed by atoms with Gasteiger partial charge < -0.3 is 5.32 Å². The Hall–Kier alpha value is -1.38. The normalized spacial score (nSPS) is 10.2. The van der Waals surface area contributed by atoms with Crippen molar-refractivity contribution in [1.29, 1.82) is 5.26 Å². The van der Waals surface area contributed by atoms with E-state index in [9.17, 15) is 0 Å². The molecule has 0 aliphatic rings. The van der Waals surface area contributed by atoms with Crippen LogP contribution in [-0.4, -0.2) is 4.37 Å². The molecule has 0 amide bonds. The first kappa shape index (κ1) is 12.1. The van der Waals surface area contributed by atoms with E-state index in [1.165, 1.54) is 26.9 Å². The summed E-state index contributed by atoms with van der Waals surface area (Å²) in [4.78, 5) is 2.64. The first-order chi connectivity index (χ1) is 8.11. The molecule has 2 aromatic rings. The van der Waals surface area contributed by atoms with E-state index in [2.05, 4.69) is 35.7 Å². The van der Waals surface area contributed by atoms with Crippen molar-refractivity contribution in [1.82, 2.24) is 4.37 Å². The molecule has 2 heterocycles. The average Bonchev–Trinajstić information content (AvgIpc) is 2.80. The van der Waals surface area contributed by atoms with Crippen molar-refractivity contribution in [3.05, 3.63) is 32.6 Å². The van der Waals surface area contributed by atoms with Gasteiger partial charge in [-0.3, -0.25) is 0 Å². The second-order valence-electron chi connectivity index (χ2n) is 3.89. The monoisotopic (exact) mass is 263 g/mol.